The van der Waals surface area contributed by atoms with Crippen LogP contribution < -0.4 is 5.32 Å². The molecule has 7 nitrogen and oxygen atoms in total. The van der Waals surface area contributed by atoms with Crippen LogP contribution >= 0.6 is 11.8 Å². The normalized spacial score (nSPS) is 19.3. The molecule has 1 N–H and O–H groups in total. The highest BCUT2D eigenvalue weighted by Crippen LogP contribution is 2.31. The zero-order chi connectivity index (χ0) is 20.3. The molecule has 2 aromatic rings. The van der Waals surface area contributed by atoms with E-state index in [-0.39, 0.29) is 29.1 Å². The third-order valence-electron chi connectivity index (χ3n) is 4.42. The fourth-order valence-corrected chi connectivity index (χ4v) is 5.58. The van der Waals surface area contributed by atoms with E-state index in [2.05, 4.69) is 22.1 Å². The number of nitrogens with one attached hydrogen (secondary N) is 1. The Morgan fingerprint density at radius 1 is 1.43 bits per heavy atom. The van der Waals surface area contributed by atoms with E-state index in [0.717, 1.165) is 0 Å². The average molecular weight is 425 g/mol. The summed E-state index contributed by atoms with van der Waals surface area (Å²) in [7, 11) is -3.04. The molecule has 150 valence electrons. The number of carbonyl (C=O) groups is 1. The molecule has 1 aromatic heterocycles. The Hall–Kier alpha value is -2.20. The SMILES string of the molecule is C=CCn1c(S[C@H](C)C(=O)Nc2ccc(F)cc2)nnc1[C@H]1CCS(=O)(=O)C1. The van der Waals surface area contributed by atoms with E-state index in [1.807, 2.05) is 4.57 Å². The number of carbonyl (C=O) groups excluding carboxylic acids is 1. The minimum Gasteiger partial charge on any atom is -0.325 e. The molecule has 2 atom stereocenters. The third kappa shape index (κ3) is 4.79. The van der Waals surface area contributed by atoms with Gasteiger partial charge < -0.3 is 9.88 Å². The lowest BCUT2D eigenvalue weighted by Gasteiger charge is -2.14. The number of hydrogen-bond acceptors (Lipinski definition) is 6. The highest BCUT2D eigenvalue weighted by atomic mass is 32.2. The molecule has 1 aliphatic rings. The van der Waals surface area contributed by atoms with Crippen LogP contribution in [-0.4, -0.2) is 45.8 Å². The number of halogens is 1. The fourth-order valence-electron chi connectivity index (χ4n) is 2.98. The summed E-state index contributed by atoms with van der Waals surface area (Å²) in [4.78, 5) is 12.4. The number of aromatic nitrogens is 3. The Balaban J connectivity index is 1.73. The molecule has 0 saturated carbocycles. The molecule has 2 heterocycles. The smallest absolute Gasteiger partial charge is 0.237 e. The van der Waals surface area contributed by atoms with Crippen molar-refractivity contribution in [3.63, 3.8) is 0 Å². The minimum atomic E-state index is -3.04. The largest absolute Gasteiger partial charge is 0.325 e. The monoisotopic (exact) mass is 424 g/mol. The summed E-state index contributed by atoms with van der Waals surface area (Å²) in [6.45, 7) is 5.89. The number of thioether (sulfide) groups is 1. The molecule has 28 heavy (non-hydrogen) atoms. The Morgan fingerprint density at radius 2 is 2.14 bits per heavy atom. The van der Waals surface area contributed by atoms with Gasteiger partial charge in [0.25, 0.3) is 0 Å². The van der Waals surface area contributed by atoms with E-state index in [0.29, 0.717) is 29.6 Å². The summed E-state index contributed by atoms with van der Waals surface area (Å²) in [5.74, 6) is -0.00980. The first-order valence-electron chi connectivity index (χ1n) is 8.76. The van der Waals surface area contributed by atoms with E-state index in [9.17, 15) is 17.6 Å². The molecule has 1 aliphatic heterocycles. The number of nitrogens with zero attached hydrogens (tertiary/aromatic N) is 3. The second-order valence-electron chi connectivity index (χ2n) is 6.60. The van der Waals surface area contributed by atoms with E-state index in [1.165, 1.54) is 36.0 Å². The van der Waals surface area contributed by atoms with Gasteiger partial charge in [-0.3, -0.25) is 4.79 Å². The van der Waals surface area contributed by atoms with Crippen LogP contribution in [0.1, 0.15) is 25.1 Å². The number of sulfone groups is 1. The van der Waals surface area contributed by atoms with Crippen molar-refractivity contribution >= 4 is 33.2 Å². The molecule has 1 saturated heterocycles. The van der Waals surface area contributed by atoms with Gasteiger partial charge in [-0.1, -0.05) is 17.8 Å². The molecule has 0 unspecified atom stereocenters. The first-order chi connectivity index (χ1) is 13.3. The number of hydrogen-bond donors (Lipinski definition) is 1. The molecule has 1 aromatic carbocycles. The first-order valence-corrected chi connectivity index (χ1v) is 11.5. The van der Waals surface area contributed by atoms with Gasteiger partial charge in [-0.2, -0.15) is 0 Å². The maximum absolute atomic E-state index is 13.0. The lowest BCUT2D eigenvalue weighted by Crippen LogP contribution is -2.23. The van der Waals surface area contributed by atoms with Gasteiger partial charge in [0.05, 0.1) is 16.8 Å². The maximum Gasteiger partial charge on any atom is 0.237 e. The van der Waals surface area contributed by atoms with Crippen molar-refractivity contribution in [1.29, 1.82) is 0 Å². The number of amides is 1. The van der Waals surface area contributed by atoms with Crippen molar-refractivity contribution in [3.8, 4) is 0 Å². The van der Waals surface area contributed by atoms with Gasteiger partial charge in [-0.05, 0) is 37.6 Å². The Morgan fingerprint density at radius 3 is 2.75 bits per heavy atom. The van der Waals surface area contributed by atoms with Crippen molar-refractivity contribution in [3.05, 3.63) is 48.6 Å². The Labute approximate surface area is 167 Å². The van der Waals surface area contributed by atoms with Gasteiger partial charge in [0.2, 0.25) is 5.91 Å². The van der Waals surface area contributed by atoms with Crippen LogP contribution in [-0.2, 0) is 21.2 Å². The van der Waals surface area contributed by atoms with Crippen LogP contribution in [0.5, 0.6) is 0 Å². The van der Waals surface area contributed by atoms with Crippen LogP contribution in [0.3, 0.4) is 0 Å². The van der Waals surface area contributed by atoms with E-state index in [4.69, 9.17) is 0 Å². The number of allylic oxidation sites excluding steroid dienone is 1. The zero-order valence-corrected chi connectivity index (χ0v) is 17.0. The molecule has 3 rings (SSSR count). The Bertz CT molecular complexity index is 973. The van der Waals surface area contributed by atoms with E-state index in [1.54, 1.807) is 13.0 Å². The zero-order valence-electron chi connectivity index (χ0n) is 15.3. The van der Waals surface area contributed by atoms with Crippen LogP contribution in [0, 0.1) is 5.82 Å². The maximum atomic E-state index is 13.0. The Kier molecular flexibility index (Phi) is 6.19. The minimum absolute atomic E-state index is 0.0630. The summed E-state index contributed by atoms with van der Waals surface area (Å²) in [6.07, 6.45) is 2.20. The molecular weight excluding hydrogens is 403 g/mol. The predicted molar refractivity (Wildman–Crippen MR) is 107 cm³/mol. The van der Waals surface area contributed by atoms with E-state index < -0.39 is 15.1 Å². The van der Waals surface area contributed by atoms with Gasteiger partial charge in [-0.15, -0.1) is 16.8 Å². The van der Waals surface area contributed by atoms with Gasteiger partial charge >= 0.3 is 0 Å². The molecule has 1 fully saturated rings. The standard InChI is InChI=1S/C18H21FN4O3S2/c1-3-9-23-16(13-8-10-28(25,26)11-13)21-22-18(23)27-12(2)17(24)20-15-6-4-14(19)5-7-15/h3-7,12-13H,1,8-11H2,2H3,(H,20,24)/t12-,13+/m1/s1. The van der Waals surface area contributed by atoms with Gasteiger partial charge in [0.1, 0.15) is 11.6 Å². The second-order valence-corrected chi connectivity index (χ2v) is 10.1. The number of benzene rings is 1. The topological polar surface area (TPSA) is 93.9 Å². The molecule has 0 spiro atoms. The van der Waals surface area contributed by atoms with Crippen LogP contribution in [0.4, 0.5) is 10.1 Å². The highest BCUT2D eigenvalue weighted by molar-refractivity contribution is 8.00. The van der Waals surface area contributed by atoms with Gasteiger partial charge in [-0.25, -0.2) is 12.8 Å². The van der Waals surface area contributed by atoms with Gasteiger partial charge in [0, 0.05) is 18.2 Å². The summed E-state index contributed by atoms with van der Waals surface area (Å²) in [6, 6.07) is 5.53. The third-order valence-corrected chi connectivity index (χ3v) is 7.27. The van der Waals surface area contributed by atoms with Crippen molar-refractivity contribution in [2.75, 3.05) is 16.8 Å². The molecule has 10 heteroatoms. The number of anilines is 1. The molecule has 0 bridgehead atoms. The average Bonchev–Trinajstić information content (AvgIpc) is 3.20. The number of rotatable bonds is 7. The fraction of sp³-hybridized carbons (Fsp3) is 0.389. The predicted octanol–water partition coefficient (Wildman–Crippen LogP) is 2.62. The van der Waals surface area contributed by atoms with E-state index >= 15 is 0 Å². The highest BCUT2D eigenvalue weighted by Gasteiger charge is 2.33. The molecular formula is C18H21FN4O3S2. The first kappa shape index (κ1) is 20.5. The van der Waals surface area contributed by atoms with Crippen LogP contribution in [0.25, 0.3) is 0 Å². The summed E-state index contributed by atoms with van der Waals surface area (Å²) >= 11 is 1.23. The van der Waals surface area contributed by atoms with Crippen molar-refractivity contribution in [1.82, 2.24) is 14.8 Å². The lowest BCUT2D eigenvalue weighted by molar-refractivity contribution is -0.115. The van der Waals surface area contributed by atoms with Crippen molar-refractivity contribution in [2.45, 2.75) is 36.2 Å². The van der Waals surface area contributed by atoms with Crippen LogP contribution in [0.2, 0.25) is 0 Å². The lowest BCUT2D eigenvalue weighted by atomic mass is 10.1. The van der Waals surface area contributed by atoms with Crippen LogP contribution in [0.15, 0.2) is 42.1 Å². The molecule has 0 aliphatic carbocycles. The van der Waals surface area contributed by atoms with Gasteiger partial charge in [0.15, 0.2) is 15.0 Å². The quantitative estimate of drug-likeness (QED) is 0.542. The summed E-state index contributed by atoms with van der Waals surface area (Å²) in [5.41, 5.74) is 0.503. The summed E-state index contributed by atoms with van der Waals surface area (Å²) < 4.78 is 38.4. The summed E-state index contributed by atoms with van der Waals surface area (Å²) in [5, 5.41) is 11.1. The molecule has 1 amide bonds. The van der Waals surface area contributed by atoms with Crippen molar-refractivity contribution < 1.29 is 17.6 Å². The molecule has 0 radical (unpaired) electrons. The second kappa shape index (κ2) is 8.44. The van der Waals surface area contributed by atoms with Crippen molar-refractivity contribution in [2.24, 2.45) is 0 Å².